The summed E-state index contributed by atoms with van der Waals surface area (Å²) < 4.78 is 16.8. The van der Waals surface area contributed by atoms with Gasteiger partial charge in [0.1, 0.15) is 13.2 Å². The van der Waals surface area contributed by atoms with Crippen molar-refractivity contribution in [1.29, 1.82) is 0 Å². The van der Waals surface area contributed by atoms with Crippen molar-refractivity contribution in [2.75, 3.05) is 13.2 Å². The molecular weight excluding hydrogens is 769 g/mol. The van der Waals surface area contributed by atoms with Crippen molar-refractivity contribution in [3.05, 3.63) is 72.9 Å². The van der Waals surface area contributed by atoms with Crippen LogP contribution in [-0.2, 0) is 28.6 Å². The van der Waals surface area contributed by atoms with Crippen LogP contribution >= 0.6 is 0 Å². The molecule has 0 aromatic rings. The van der Waals surface area contributed by atoms with E-state index in [1.807, 2.05) is 0 Å². The molecule has 62 heavy (non-hydrogen) atoms. The lowest BCUT2D eigenvalue weighted by atomic mass is 10.1. The Morgan fingerprint density at radius 3 is 1.11 bits per heavy atom. The van der Waals surface area contributed by atoms with Crippen LogP contribution in [0.5, 0.6) is 0 Å². The van der Waals surface area contributed by atoms with Gasteiger partial charge in [-0.25, -0.2) is 0 Å². The molecule has 0 aliphatic rings. The van der Waals surface area contributed by atoms with Crippen molar-refractivity contribution in [2.24, 2.45) is 0 Å². The first-order valence-corrected chi connectivity index (χ1v) is 26.0. The maximum Gasteiger partial charge on any atom is 0.306 e. The van der Waals surface area contributed by atoms with Gasteiger partial charge in [-0.05, 0) is 83.5 Å². The molecule has 0 aromatic heterocycles. The fraction of sp³-hybridized carbons (Fsp3) is 0.732. The van der Waals surface area contributed by atoms with E-state index in [1.54, 1.807) is 0 Å². The normalized spacial score (nSPS) is 12.6. The second-order valence-electron chi connectivity index (χ2n) is 17.1. The van der Waals surface area contributed by atoms with Gasteiger partial charge >= 0.3 is 17.9 Å². The molecule has 6 nitrogen and oxygen atoms in total. The monoisotopic (exact) mass is 865 g/mol. The summed E-state index contributed by atoms with van der Waals surface area (Å²) in [5.74, 6) is -0.909. The molecule has 1 unspecified atom stereocenters. The number of carbonyl (C=O) groups is 3. The Bertz CT molecular complexity index is 1180. The van der Waals surface area contributed by atoms with E-state index >= 15 is 0 Å². The van der Waals surface area contributed by atoms with Crippen LogP contribution < -0.4 is 0 Å². The summed E-state index contributed by atoms with van der Waals surface area (Å²) in [5, 5.41) is 0. The highest BCUT2D eigenvalue weighted by molar-refractivity contribution is 5.71. The highest BCUT2D eigenvalue weighted by atomic mass is 16.6. The molecule has 0 aliphatic heterocycles. The third-order valence-electron chi connectivity index (χ3n) is 11.0. The molecule has 0 aliphatic carbocycles. The minimum Gasteiger partial charge on any atom is -0.462 e. The predicted octanol–water partition coefficient (Wildman–Crippen LogP) is 17.0. The van der Waals surface area contributed by atoms with Crippen LogP contribution in [0, 0.1) is 0 Å². The quantitative estimate of drug-likeness (QED) is 0.0199. The molecule has 0 spiro atoms. The molecule has 0 bridgehead atoms. The van der Waals surface area contributed by atoms with Gasteiger partial charge in [-0.2, -0.15) is 0 Å². The van der Waals surface area contributed by atoms with Crippen molar-refractivity contribution < 1.29 is 28.6 Å². The number of hydrogen-bond acceptors (Lipinski definition) is 6. The highest BCUT2D eigenvalue weighted by Gasteiger charge is 2.19. The van der Waals surface area contributed by atoms with Gasteiger partial charge in [0, 0.05) is 19.3 Å². The van der Waals surface area contributed by atoms with E-state index in [0.29, 0.717) is 19.3 Å². The maximum absolute atomic E-state index is 12.8. The average molecular weight is 865 g/mol. The number of ether oxygens (including phenoxy) is 3. The summed E-state index contributed by atoms with van der Waals surface area (Å²) in [7, 11) is 0. The smallest absolute Gasteiger partial charge is 0.306 e. The van der Waals surface area contributed by atoms with Crippen LogP contribution in [0.4, 0.5) is 0 Å². The van der Waals surface area contributed by atoms with Crippen molar-refractivity contribution in [3.63, 3.8) is 0 Å². The zero-order valence-electron chi connectivity index (χ0n) is 40.6. The minimum absolute atomic E-state index is 0.0837. The fourth-order valence-corrected chi connectivity index (χ4v) is 7.07. The van der Waals surface area contributed by atoms with Gasteiger partial charge in [-0.1, -0.05) is 216 Å². The first-order valence-electron chi connectivity index (χ1n) is 26.0. The Kier molecular flexibility index (Phi) is 47.9. The Morgan fingerprint density at radius 1 is 0.355 bits per heavy atom. The van der Waals surface area contributed by atoms with Crippen LogP contribution in [0.2, 0.25) is 0 Å². The lowest BCUT2D eigenvalue weighted by Gasteiger charge is -2.18. The first-order chi connectivity index (χ1) is 30.5. The van der Waals surface area contributed by atoms with Gasteiger partial charge in [-0.15, -0.1) is 0 Å². The molecule has 0 amide bonds. The van der Waals surface area contributed by atoms with E-state index in [1.165, 1.54) is 103 Å². The molecule has 0 fully saturated rings. The van der Waals surface area contributed by atoms with Gasteiger partial charge in [0.05, 0.1) is 0 Å². The molecule has 356 valence electrons. The summed E-state index contributed by atoms with van der Waals surface area (Å²) in [6.07, 6.45) is 63.1. The lowest BCUT2D eigenvalue weighted by molar-refractivity contribution is -0.167. The summed E-state index contributed by atoms with van der Waals surface area (Å²) in [6, 6.07) is 0. The van der Waals surface area contributed by atoms with Crippen LogP contribution in [0.15, 0.2) is 72.9 Å². The lowest BCUT2D eigenvalue weighted by Crippen LogP contribution is -2.30. The standard InChI is InChI=1S/C56H96O6/c1-4-7-10-13-16-19-22-24-26-27-28-29-31-32-34-37-40-43-46-49-55(58)61-52-53(51-60-54(57)48-45-42-39-36-21-18-15-12-9-6-3)62-56(59)50-47-44-41-38-35-33-30-25-23-20-17-14-11-8-5-2/h7,10,16-17,19-20,23-26,28-29,53H,4-6,8-9,11-15,18,21-22,27,30-52H2,1-3H3/b10-7-,19-16-,20-17-,25-23-,26-24-,29-28-. The van der Waals surface area contributed by atoms with E-state index in [2.05, 4.69) is 93.7 Å². The maximum atomic E-state index is 12.8. The van der Waals surface area contributed by atoms with Crippen LogP contribution in [-0.4, -0.2) is 37.2 Å². The van der Waals surface area contributed by atoms with Gasteiger partial charge in [-0.3, -0.25) is 14.4 Å². The fourth-order valence-electron chi connectivity index (χ4n) is 7.07. The van der Waals surface area contributed by atoms with E-state index in [0.717, 1.165) is 103 Å². The van der Waals surface area contributed by atoms with E-state index in [9.17, 15) is 14.4 Å². The number of rotatable bonds is 46. The molecule has 1 atom stereocenters. The summed E-state index contributed by atoms with van der Waals surface area (Å²) in [6.45, 7) is 6.46. The average Bonchev–Trinajstić information content (AvgIpc) is 3.27. The topological polar surface area (TPSA) is 78.9 Å². The van der Waals surface area contributed by atoms with Gasteiger partial charge < -0.3 is 14.2 Å². The molecule has 0 radical (unpaired) electrons. The molecule has 6 heteroatoms. The molecule has 0 saturated carbocycles. The third kappa shape index (κ3) is 47.9. The first kappa shape index (κ1) is 58.9. The van der Waals surface area contributed by atoms with Crippen LogP contribution in [0.1, 0.15) is 245 Å². The highest BCUT2D eigenvalue weighted by Crippen LogP contribution is 2.14. The van der Waals surface area contributed by atoms with Crippen molar-refractivity contribution in [3.8, 4) is 0 Å². The molecule has 0 heterocycles. The Morgan fingerprint density at radius 2 is 0.677 bits per heavy atom. The number of allylic oxidation sites excluding steroid dienone is 12. The van der Waals surface area contributed by atoms with Gasteiger partial charge in [0.15, 0.2) is 6.10 Å². The Hall–Kier alpha value is -3.15. The Labute approximate surface area is 382 Å². The molecule has 0 saturated heterocycles. The van der Waals surface area contributed by atoms with E-state index in [-0.39, 0.29) is 31.1 Å². The summed E-state index contributed by atoms with van der Waals surface area (Å²) >= 11 is 0. The van der Waals surface area contributed by atoms with E-state index in [4.69, 9.17) is 14.2 Å². The molecular formula is C56H96O6. The van der Waals surface area contributed by atoms with Crippen LogP contribution in [0.25, 0.3) is 0 Å². The number of esters is 3. The number of unbranched alkanes of at least 4 members (excludes halogenated alkanes) is 24. The van der Waals surface area contributed by atoms with E-state index < -0.39 is 6.10 Å². The van der Waals surface area contributed by atoms with Crippen molar-refractivity contribution in [1.82, 2.24) is 0 Å². The van der Waals surface area contributed by atoms with Gasteiger partial charge in [0.25, 0.3) is 0 Å². The Balaban J connectivity index is 4.38. The van der Waals surface area contributed by atoms with Crippen molar-refractivity contribution in [2.45, 2.75) is 252 Å². The predicted molar refractivity (Wildman–Crippen MR) is 265 cm³/mol. The second-order valence-corrected chi connectivity index (χ2v) is 17.1. The zero-order valence-corrected chi connectivity index (χ0v) is 40.6. The SMILES string of the molecule is CC/C=C\C/C=C\C/C=C\C/C=C\CCCCCCCCC(=O)OCC(COC(=O)CCCCCCCCCCCC)OC(=O)CCCCCCCC/C=C\C=C/CCCCC. The zero-order chi connectivity index (χ0) is 45.1. The summed E-state index contributed by atoms with van der Waals surface area (Å²) in [5.41, 5.74) is 0. The second kappa shape index (κ2) is 50.5. The minimum atomic E-state index is -0.785. The van der Waals surface area contributed by atoms with Crippen molar-refractivity contribution >= 4 is 17.9 Å². The number of hydrogen-bond donors (Lipinski definition) is 0. The number of carbonyl (C=O) groups excluding carboxylic acids is 3. The molecule has 0 N–H and O–H groups in total. The van der Waals surface area contributed by atoms with Crippen LogP contribution in [0.3, 0.4) is 0 Å². The largest absolute Gasteiger partial charge is 0.462 e. The summed E-state index contributed by atoms with van der Waals surface area (Å²) in [4.78, 5) is 37.9. The third-order valence-corrected chi connectivity index (χ3v) is 11.0. The molecule has 0 aromatic carbocycles. The van der Waals surface area contributed by atoms with Gasteiger partial charge in [0.2, 0.25) is 0 Å². The molecule has 0 rings (SSSR count).